The van der Waals surface area contributed by atoms with Crippen LogP contribution in [0.4, 0.5) is 47.3 Å². The molecule has 2 N–H and O–H groups in total. The predicted octanol–water partition coefficient (Wildman–Crippen LogP) is 8.34. The molecule has 352 valence electrons. The number of rotatable bonds is 12. The number of nitriles is 2. The van der Waals surface area contributed by atoms with E-state index < -0.39 is 59.4 Å². The first kappa shape index (κ1) is 48.8. The van der Waals surface area contributed by atoms with Crippen LogP contribution in [0.25, 0.3) is 0 Å². The van der Waals surface area contributed by atoms with Crippen molar-refractivity contribution in [1.82, 2.24) is 20.4 Å². The fourth-order valence-electron chi connectivity index (χ4n) is 9.03. The standard InChI is InChI=1S/C48H41F6N9O4.BrH/c1-63(2,21-5-19-59-27-37-39(43(59)64)41(31-15-11-29(25-55)12-16-31)57-45(66)61(37)35-9-3-7-33(23-35)47(49,50)51)22-6-20-60-28-38-40(44(60)65)42(32-17-13-30(26-56)14-18-32)58-46(67)62(38)36-10-4-8-34(24-36)48(52,53)54;/h3-4,7-18,23-24,41-42H,5-6,19-22,27-28H2,1-2H3,(H-,57,58,66,67);1H/p+1/t41-,42-;/m1./s1. The van der Waals surface area contributed by atoms with Crippen molar-refractivity contribution in [2.45, 2.75) is 37.3 Å². The van der Waals surface area contributed by atoms with Crippen LogP contribution in [0.15, 0.2) is 120 Å². The van der Waals surface area contributed by atoms with Crippen LogP contribution in [0, 0.1) is 22.7 Å². The number of nitrogens with one attached hydrogen (secondary N) is 2. The highest BCUT2D eigenvalue weighted by molar-refractivity contribution is 8.93. The van der Waals surface area contributed by atoms with Gasteiger partial charge in [-0.05, 0) is 71.8 Å². The summed E-state index contributed by atoms with van der Waals surface area (Å²) in [6.45, 7) is 1.47. The number of alkyl halides is 6. The summed E-state index contributed by atoms with van der Waals surface area (Å²) in [4.78, 5) is 61.2. The van der Waals surface area contributed by atoms with Crippen LogP contribution in [0.1, 0.15) is 58.3 Å². The van der Waals surface area contributed by atoms with E-state index in [0.717, 1.165) is 34.1 Å². The van der Waals surface area contributed by atoms with Gasteiger partial charge in [0.05, 0.1) is 121 Å². The minimum Gasteiger partial charge on any atom is -0.333 e. The summed E-state index contributed by atoms with van der Waals surface area (Å²) in [7, 11) is 3.95. The number of urea groups is 2. The highest BCUT2D eigenvalue weighted by Crippen LogP contribution is 2.42. The van der Waals surface area contributed by atoms with Gasteiger partial charge in [-0.15, -0.1) is 17.0 Å². The molecule has 20 heteroatoms. The molecule has 4 aromatic carbocycles. The largest absolute Gasteiger partial charge is 0.416 e. The second-order valence-electron chi connectivity index (χ2n) is 17.3. The zero-order valence-corrected chi connectivity index (χ0v) is 38.2. The molecule has 0 aliphatic carbocycles. The maximum Gasteiger partial charge on any atom is 0.416 e. The number of carbonyl (C=O) groups excluding carboxylic acids is 4. The molecule has 0 radical (unpaired) electrons. The molecule has 0 aromatic heterocycles. The monoisotopic (exact) mass is 1000 g/mol. The van der Waals surface area contributed by atoms with Crippen molar-refractivity contribution in [2.75, 3.05) is 63.2 Å². The molecule has 4 aromatic rings. The van der Waals surface area contributed by atoms with Gasteiger partial charge in [-0.2, -0.15) is 36.9 Å². The predicted molar refractivity (Wildman–Crippen MR) is 241 cm³/mol. The smallest absolute Gasteiger partial charge is 0.333 e. The van der Waals surface area contributed by atoms with Gasteiger partial charge in [0.1, 0.15) is 0 Å². The van der Waals surface area contributed by atoms with Crippen molar-refractivity contribution in [3.63, 3.8) is 0 Å². The van der Waals surface area contributed by atoms with Crippen LogP contribution in [0.2, 0.25) is 0 Å². The number of halogens is 7. The normalized spacial score (nSPS) is 18.5. The van der Waals surface area contributed by atoms with Gasteiger partial charge in [-0.3, -0.25) is 19.4 Å². The molecular weight excluding hydrogens is 960 g/mol. The quantitative estimate of drug-likeness (QED) is 0.108. The Bertz CT molecular complexity index is 2630. The van der Waals surface area contributed by atoms with E-state index in [9.17, 15) is 56.0 Å². The summed E-state index contributed by atoms with van der Waals surface area (Å²) < 4.78 is 83.1. The fraction of sp³-hybridized carbons (Fsp3) is 0.292. The van der Waals surface area contributed by atoms with Crippen LogP contribution >= 0.6 is 17.0 Å². The molecule has 8 rings (SSSR count). The molecule has 13 nitrogen and oxygen atoms in total. The van der Waals surface area contributed by atoms with Crippen molar-refractivity contribution in [3.8, 4) is 12.1 Å². The van der Waals surface area contributed by atoms with Crippen LogP contribution in [-0.4, -0.2) is 91.5 Å². The van der Waals surface area contributed by atoms with Crippen molar-refractivity contribution in [3.05, 3.63) is 153 Å². The number of hydrogen-bond donors (Lipinski definition) is 2. The van der Waals surface area contributed by atoms with E-state index in [2.05, 4.69) is 10.6 Å². The molecular formula is C48H43BrF6N9O4+. The number of anilines is 2. The lowest BCUT2D eigenvalue weighted by atomic mass is 9.94. The zero-order valence-electron chi connectivity index (χ0n) is 36.5. The first-order chi connectivity index (χ1) is 31.8. The van der Waals surface area contributed by atoms with E-state index in [4.69, 9.17) is 0 Å². The van der Waals surface area contributed by atoms with Gasteiger partial charge in [0.25, 0.3) is 11.8 Å². The second kappa shape index (κ2) is 18.8. The van der Waals surface area contributed by atoms with Gasteiger partial charge in [0.15, 0.2) is 0 Å². The Morgan fingerprint density at radius 2 is 0.971 bits per heavy atom. The molecule has 0 saturated heterocycles. The molecule has 0 spiro atoms. The lowest BCUT2D eigenvalue weighted by Gasteiger charge is -2.34. The summed E-state index contributed by atoms with van der Waals surface area (Å²) >= 11 is 0. The summed E-state index contributed by atoms with van der Waals surface area (Å²) in [5.74, 6) is -0.802. The van der Waals surface area contributed by atoms with E-state index in [1.165, 1.54) is 24.3 Å². The molecule has 4 aliphatic rings. The Labute approximate surface area is 397 Å². The third-order valence-electron chi connectivity index (χ3n) is 12.4. The molecule has 0 unspecified atom stereocenters. The van der Waals surface area contributed by atoms with Crippen LogP contribution in [0.3, 0.4) is 0 Å². The average Bonchev–Trinajstić information content (AvgIpc) is 3.79. The first-order valence-corrected chi connectivity index (χ1v) is 21.2. The van der Waals surface area contributed by atoms with Gasteiger partial charge in [-0.1, -0.05) is 36.4 Å². The summed E-state index contributed by atoms with van der Waals surface area (Å²) in [6.07, 6.45) is -8.40. The molecule has 0 bridgehead atoms. The lowest BCUT2D eigenvalue weighted by molar-refractivity contribution is -0.890. The van der Waals surface area contributed by atoms with E-state index in [1.54, 1.807) is 58.3 Å². The van der Waals surface area contributed by atoms with Crippen molar-refractivity contribution in [1.29, 1.82) is 10.5 Å². The number of hydrogen-bond acceptors (Lipinski definition) is 6. The molecule has 6 amide bonds. The van der Waals surface area contributed by atoms with Crippen LogP contribution in [0.5, 0.6) is 0 Å². The molecule has 68 heavy (non-hydrogen) atoms. The Hall–Kier alpha value is -7.16. The maximum atomic E-state index is 14.2. The Balaban J connectivity index is 0.00000684. The number of amides is 6. The Morgan fingerprint density at radius 1 is 0.603 bits per heavy atom. The Kier molecular flexibility index (Phi) is 13.5. The SMILES string of the molecule is Br.C[N+](C)(CCCN1CC2=C(C1=O)[C@@H](c1ccc(C#N)cc1)NC(=O)N2c1cccc(C(F)(F)F)c1)CCCN1CC2=C(C1=O)[C@@H](c1ccc(C#N)cc1)NC(=O)N2c1cccc(C(F)(F)F)c1. The minimum absolute atomic E-state index is 0. The highest BCUT2D eigenvalue weighted by Gasteiger charge is 2.47. The third kappa shape index (κ3) is 9.65. The van der Waals surface area contributed by atoms with Crippen molar-refractivity contribution in [2.24, 2.45) is 0 Å². The lowest BCUT2D eigenvalue weighted by Crippen LogP contribution is -2.47. The third-order valence-corrected chi connectivity index (χ3v) is 12.4. The topological polar surface area (TPSA) is 153 Å². The zero-order chi connectivity index (χ0) is 48.0. The van der Waals surface area contributed by atoms with E-state index in [-0.39, 0.29) is 77.1 Å². The van der Waals surface area contributed by atoms with Gasteiger partial charge in [0, 0.05) is 25.9 Å². The number of carbonyl (C=O) groups is 4. The van der Waals surface area contributed by atoms with Gasteiger partial charge < -0.3 is 24.9 Å². The average molecular weight is 1000 g/mol. The molecule has 4 aliphatic heterocycles. The van der Waals surface area contributed by atoms with Crippen LogP contribution < -0.4 is 20.4 Å². The van der Waals surface area contributed by atoms with Gasteiger partial charge in [0.2, 0.25) is 0 Å². The molecule has 0 fully saturated rings. The Morgan fingerprint density at radius 3 is 1.31 bits per heavy atom. The summed E-state index contributed by atoms with van der Waals surface area (Å²) in [6, 6.07) is 22.0. The molecule has 2 atom stereocenters. The van der Waals surface area contributed by atoms with Crippen LogP contribution in [-0.2, 0) is 21.9 Å². The number of nitrogens with zero attached hydrogens (tertiary/aromatic N) is 7. The summed E-state index contributed by atoms with van der Waals surface area (Å²) in [5, 5.41) is 24.2. The maximum absolute atomic E-state index is 14.2. The number of benzene rings is 4. The van der Waals surface area contributed by atoms with E-state index in [0.29, 0.717) is 52.7 Å². The van der Waals surface area contributed by atoms with E-state index in [1.807, 2.05) is 26.2 Å². The minimum atomic E-state index is -4.68. The fourth-order valence-corrected chi connectivity index (χ4v) is 9.03. The van der Waals surface area contributed by atoms with E-state index >= 15 is 0 Å². The van der Waals surface area contributed by atoms with Gasteiger partial charge >= 0.3 is 24.4 Å². The second-order valence-corrected chi connectivity index (χ2v) is 17.3. The highest BCUT2D eigenvalue weighted by atomic mass is 79.9. The summed E-state index contributed by atoms with van der Waals surface area (Å²) in [5.41, 5.74) is 0.587. The van der Waals surface area contributed by atoms with Gasteiger partial charge in [-0.25, -0.2) is 9.59 Å². The first-order valence-electron chi connectivity index (χ1n) is 21.2. The number of quaternary nitrogens is 1. The molecule has 0 saturated carbocycles. The molecule has 4 heterocycles. The van der Waals surface area contributed by atoms with Crippen molar-refractivity contribution >= 4 is 52.2 Å². The van der Waals surface area contributed by atoms with Crippen molar-refractivity contribution < 1.29 is 50.0 Å².